The number of nitrogens with zero attached hydrogens (tertiary/aromatic N) is 4. The predicted molar refractivity (Wildman–Crippen MR) is 79.1 cm³/mol. The fourth-order valence-corrected chi connectivity index (χ4v) is 2.99. The van der Waals surface area contributed by atoms with Crippen molar-refractivity contribution in [3.8, 4) is 5.82 Å². The average molecular weight is 277 g/mol. The first-order chi connectivity index (χ1) is 10.4. The molecule has 21 heavy (non-hydrogen) atoms. The molecule has 0 spiro atoms. The number of benzene rings is 1. The zero-order valence-electron chi connectivity index (χ0n) is 11.8. The predicted octanol–water partition coefficient (Wildman–Crippen LogP) is 2.28. The number of hydrogen-bond acceptors (Lipinski definition) is 2. The zero-order chi connectivity index (χ0) is 14.1. The first-order valence-electron chi connectivity index (χ1n) is 7.35. The molecular formula is C17H17N4+. The summed E-state index contributed by atoms with van der Waals surface area (Å²) < 4.78 is 4.19. The van der Waals surface area contributed by atoms with Gasteiger partial charge in [-0.05, 0) is 18.1 Å². The van der Waals surface area contributed by atoms with Gasteiger partial charge in [0.05, 0.1) is 6.04 Å². The molecule has 1 atom stereocenters. The maximum Gasteiger partial charge on any atom is 0.278 e. The Balaban J connectivity index is 1.62. The molecular weight excluding hydrogens is 260 g/mol. The molecule has 0 bridgehead atoms. The van der Waals surface area contributed by atoms with Gasteiger partial charge in [-0.2, -0.15) is 0 Å². The SMILES string of the molecule is c1ccc(C[C@H]2CCc3nn(-c4ccccn4)c[n+]32)cc1. The Morgan fingerprint density at radius 2 is 1.95 bits per heavy atom. The second-order valence-electron chi connectivity index (χ2n) is 5.45. The van der Waals surface area contributed by atoms with Gasteiger partial charge in [-0.3, -0.25) is 0 Å². The Morgan fingerprint density at radius 1 is 1.10 bits per heavy atom. The fourth-order valence-electron chi connectivity index (χ4n) is 2.99. The first kappa shape index (κ1) is 12.3. The molecule has 4 heteroatoms. The Labute approximate surface area is 123 Å². The van der Waals surface area contributed by atoms with Crippen LogP contribution in [0.15, 0.2) is 61.1 Å². The molecule has 0 fully saturated rings. The molecule has 0 saturated carbocycles. The summed E-state index contributed by atoms with van der Waals surface area (Å²) in [5.41, 5.74) is 1.38. The van der Waals surface area contributed by atoms with Gasteiger partial charge in [-0.15, -0.1) is 0 Å². The van der Waals surface area contributed by atoms with Crippen molar-refractivity contribution in [3.05, 3.63) is 72.4 Å². The second-order valence-corrected chi connectivity index (χ2v) is 5.45. The fraction of sp³-hybridized carbons (Fsp3) is 0.235. The van der Waals surface area contributed by atoms with Crippen LogP contribution in [0.5, 0.6) is 0 Å². The standard InChI is InChI=1S/C17H17N4/c1-2-6-14(7-3-1)12-15-9-10-17-19-21(13-20(15)17)16-8-4-5-11-18-16/h1-8,11,13,15H,9-10,12H2/q+1/t15-/m1/s1. The van der Waals surface area contributed by atoms with Crippen LogP contribution in [0.25, 0.3) is 5.82 Å². The lowest BCUT2D eigenvalue weighted by atomic mass is 10.0. The van der Waals surface area contributed by atoms with E-state index in [0.29, 0.717) is 6.04 Å². The zero-order valence-corrected chi connectivity index (χ0v) is 11.8. The van der Waals surface area contributed by atoms with Gasteiger partial charge in [-0.1, -0.05) is 41.1 Å². The highest BCUT2D eigenvalue weighted by Gasteiger charge is 2.31. The van der Waals surface area contributed by atoms with Crippen molar-refractivity contribution < 1.29 is 4.57 Å². The van der Waals surface area contributed by atoms with Gasteiger partial charge in [0.2, 0.25) is 12.1 Å². The van der Waals surface area contributed by atoms with Crippen LogP contribution in [-0.4, -0.2) is 14.8 Å². The van der Waals surface area contributed by atoms with E-state index in [4.69, 9.17) is 0 Å². The molecule has 4 rings (SSSR count). The smallest absolute Gasteiger partial charge is 0.231 e. The molecule has 1 aromatic carbocycles. The van der Waals surface area contributed by atoms with Gasteiger partial charge in [-0.25, -0.2) is 9.55 Å². The molecule has 0 aliphatic carbocycles. The quantitative estimate of drug-likeness (QED) is 0.688. The summed E-state index contributed by atoms with van der Waals surface area (Å²) in [6.07, 6.45) is 7.15. The number of aromatic nitrogens is 4. The molecule has 0 radical (unpaired) electrons. The summed E-state index contributed by atoms with van der Waals surface area (Å²) in [5.74, 6) is 2.03. The summed E-state index contributed by atoms with van der Waals surface area (Å²) in [7, 11) is 0. The molecule has 1 aliphatic rings. The Bertz CT molecular complexity index is 734. The summed E-state index contributed by atoms with van der Waals surface area (Å²) in [5, 5.41) is 4.67. The van der Waals surface area contributed by atoms with E-state index in [-0.39, 0.29) is 0 Å². The van der Waals surface area contributed by atoms with Gasteiger partial charge in [0.25, 0.3) is 5.82 Å². The maximum absolute atomic E-state index is 4.67. The van der Waals surface area contributed by atoms with Crippen molar-refractivity contribution in [1.82, 2.24) is 14.8 Å². The van der Waals surface area contributed by atoms with Crippen LogP contribution in [0, 0.1) is 0 Å². The van der Waals surface area contributed by atoms with Crippen LogP contribution in [0.1, 0.15) is 23.9 Å². The minimum Gasteiger partial charge on any atom is -0.231 e. The van der Waals surface area contributed by atoms with Crippen molar-refractivity contribution >= 4 is 0 Å². The highest BCUT2D eigenvalue weighted by atomic mass is 15.4. The molecule has 3 heterocycles. The molecule has 0 N–H and O–H groups in total. The van der Waals surface area contributed by atoms with Gasteiger partial charge < -0.3 is 0 Å². The third-order valence-electron chi connectivity index (χ3n) is 4.05. The largest absolute Gasteiger partial charge is 0.278 e. The third kappa shape index (κ3) is 2.33. The monoisotopic (exact) mass is 277 g/mol. The lowest BCUT2D eigenvalue weighted by molar-refractivity contribution is -0.716. The van der Waals surface area contributed by atoms with Crippen LogP contribution in [0.2, 0.25) is 0 Å². The number of hydrogen-bond donors (Lipinski definition) is 0. The molecule has 0 unspecified atom stereocenters. The summed E-state index contributed by atoms with van der Waals surface area (Å²) >= 11 is 0. The van der Waals surface area contributed by atoms with E-state index in [0.717, 1.165) is 24.5 Å². The van der Waals surface area contributed by atoms with Crippen molar-refractivity contribution in [1.29, 1.82) is 0 Å². The first-order valence-corrected chi connectivity index (χ1v) is 7.35. The molecule has 0 amide bonds. The topological polar surface area (TPSA) is 34.6 Å². The van der Waals surface area contributed by atoms with Crippen LogP contribution in [-0.2, 0) is 12.8 Å². The maximum atomic E-state index is 4.67. The van der Waals surface area contributed by atoms with E-state index in [1.54, 1.807) is 6.20 Å². The van der Waals surface area contributed by atoms with Crippen LogP contribution in [0.3, 0.4) is 0 Å². The minimum absolute atomic E-state index is 0.500. The average Bonchev–Trinajstić information content (AvgIpc) is 3.11. The van der Waals surface area contributed by atoms with E-state index in [2.05, 4.69) is 51.3 Å². The van der Waals surface area contributed by atoms with Gasteiger partial charge in [0, 0.05) is 30.2 Å². The van der Waals surface area contributed by atoms with E-state index < -0.39 is 0 Å². The normalized spacial score (nSPS) is 16.9. The molecule has 2 aromatic heterocycles. The second kappa shape index (κ2) is 5.13. The van der Waals surface area contributed by atoms with Crippen molar-refractivity contribution in [3.63, 3.8) is 0 Å². The van der Waals surface area contributed by atoms with E-state index in [9.17, 15) is 0 Å². The number of fused-ring (bicyclic) bond motifs is 1. The number of rotatable bonds is 3. The van der Waals surface area contributed by atoms with Crippen molar-refractivity contribution in [2.45, 2.75) is 25.3 Å². The Kier molecular flexibility index (Phi) is 2.99. The van der Waals surface area contributed by atoms with Gasteiger partial charge in [0.1, 0.15) is 0 Å². The van der Waals surface area contributed by atoms with Crippen molar-refractivity contribution in [2.24, 2.45) is 0 Å². The van der Waals surface area contributed by atoms with Crippen LogP contribution < -0.4 is 4.57 Å². The number of pyridine rings is 1. The van der Waals surface area contributed by atoms with Gasteiger partial charge >= 0.3 is 0 Å². The lowest BCUT2D eigenvalue weighted by Crippen LogP contribution is -2.37. The molecule has 4 nitrogen and oxygen atoms in total. The summed E-state index contributed by atoms with van der Waals surface area (Å²) in [6.45, 7) is 0. The number of aryl methyl sites for hydroxylation is 1. The summed E-state index contributed by atoms with van der Waals surface area (Å²) in [6, 6.07) is 17.1. The molecule has 0 saturated heterocycles. The van der Waals surface area contributed by atoms with E-state index in [1.165, 1.54) is 12.0 Å². The highest BCUT2D eigenvalue weighted by Crippen LogP contribution is 2.20. The van der Waals surface area contributed by atoms with Crippen LogP contribution in [0.4, 0.5) is 0 Å². The summed E-state index contributed by atoms with van der Waals surface area (Å²) in [4.78, 5) is 4.36. The Morgan fingerprint density at radius 3 is 2.76 bits per heavy atom. The lowest BCUT2D eigenvalue weighted by Gasteiger charge is -2.08. The van der Waals surface area contributed by atoms with E-state index >= 15 is 0 Å². The minimum atomic E-state index is 0.500. The molecule has 104 valence electrons. The third-order valence-corrected chi connectivity index (χ3v) is 4.05. The highest BCUT2D eigenvalue weighted by molar-refractivity contribution is 5.19. The Hall–Kier alpha value is -2.49. The van der Waals surface area contributed by atoms with Crippen molar-refractivity contribution in [2.75, 3.05) is 0 Å². The van der Waals surface area contributed by atoms with E-state index in [1.807, 2.05) is 22.9 Å². The molecule has 1 aliphatic heterocycles. The van der Waals surface area contributed by atoms with Crippen LogP contribution >= 0.6 is 0 Å². The van der Waals surface area contributed by atoms with Gasteiger partial charge in [0.15, 0.2) is 0 Å². The molecule has 3 aromatic rings.